The van der Waals surface area contributed by atoms with Crippen molar-refractivity contribution < 1.29 is 9.13 Å². The zero-order valence-electron chi connectivity index (χ0n) is 8.79. The molecule has 0 amide bonds. The van der Waals surface area contributed by atoms with Crippen molar-refractivity contribution in [1.29, 1.82) is 0 Å². The quantitative estimate of drug-likeness (QED) is 0.789. The second-order valence-electron chi connectivity index (χ2n) is 3.47. The largest absolute Gasteiger partial charge is 0.488 e. The monoisotopic (exact) mass is 314 g/mol. The summed E-state index contributed by atoms with van der Waals surface area (Å²) in [6.07, 6.45) is 0. The van der Waals surface area contributed by atoms with Crippen molar-refractivity contribution in [2.24, 2.45) is 0 Å². The van der Waals surface area contributed by atoms with Crippen LogP contribution in [0.1, 0.15) is 5.56 Å². The minimum Gasteiger partial charge on any atom is -0.488 e. The highest BCUT2D eigenvalue weighted by molar-refractivity contribution is 9.10. The van der Waals surface area contributed by atoms with Crippen molar-refractivity contribution >= 4 is 27.5 Å². The van der Waals surface area contributed by atoms with E-state index in [4.69, 9.17) is 16.3 Å². The summed E-state index contributed by atoms with van der Waals surface area (Å²) in [7, 11) is 0. The fraction of sp³-hybridized carbons (Fsp3) is 0.0769. The van der Waals surface area contributed by atoms with Crippen LogP contribution in [0.3, 0.4) is 0 Å². The highest BCUT2D eigenvalue weighted by atomic mass is 79.9. The summed E-state index contributed by atoms with van der Waals surface area (Å²) in [6.45, 7) is 0.350. The molecule has 0 radical (unpaired) electrons. The van der Waals surface area contributed by atoms with Crippen molar-refractivity contribution in [3.8, 4) is 5.75 Å². The number of rotatable bonds is 3. The molecule has 0 saturated heterocycles. The molecular weight excluding hydrogens is 306 g/mol. The van der Waals surface area contributed by atoms with Crippen molar-refractivity contribution in [3.63, 3.8) is 0 Å². The maximum Gasteiger partial charge on any atom is 0.141 e. The van der Waals surface area contributed by atoms with E-state index in [1.165, 1.54) is 6.07 Å². The third-order valence-electron chi connectivity index (χ3n) is 2.22. The first kappa shape index (κ1) is 12.4. The van der Waals surface area contributed by atoms with E-state index in [9.17, 15) is 4.39 Å². The first-order chi connectivity index (χ1) is 8.16. The zero-order valence-corrected chi connectivity index (χ0v) is 11.1. The summed E-state index contributed by atoms with van der Waals surface area (Å²) >= 11 is 9.07. The molecule has 1 nitrogen and oxygen atoms in total. The Kier molecular flexibility index (Phi) is 4.02. The molecule has 0 aliphatic carbocycles. The molecule has 0 unspecified atom stereocenters. The fourth-order valence-electron chi connectivity index (χ4n) is 1.35. The van der Waals surface area contributed by atoms with E-state index in [-0.39, 0.29) is 5.02 Å². The van der Waals surface area contributed by atoms with Crippen LogP contribution in [0.5, 0.6) is 5.75 Å². The molecule has 88 valence electrons. The van der Waals surface area contributed by atoms with Gasteiger partial charge < -0.3 is 4.74 Å². The standard InChI is InChI=1S/C13H9BrClFO/c14-10-3-1-2-4-13(10)17-8-9-5-6-12(16)11(15)7-9/h1-7H,8H2. The molecule has 2 rings (SSSR count). The van der Waals surface area contributed by atoms with Crippen molar-refractivity contribution in [1.82, 2.24) is 0 Å². The summed E-state index contributed by atoms with van der Waals surface area (Å²) in [5.74, 6) is 0.323. The van der Waals surface area contributed by atoms with Crippen LogP contribution in [0.25, 0.3) is 0 Å². The lowest BCUT2D eigenvalue weighted by Gasteiger charge is -2.08. The first-order valence-corrected chi connectivity index (χ1v) is 6.15. The molecule has 0 aromatic heterocycles. The lowest BCUT2D eigenvalue weighted by Crippen LogP contribution is -1.96. The summed E-state index contributed by atoms with van der Waals surface area (Å²) < 4.78 is 19.4. The molecule has 17 heavy (non-hydrogen) atoms. The second kappa shape index (κ2) is 5.52. The van der Waals surface area contributed by atoms with Gasteiger partial charge >= 0.3 is 0 Å². The number of ether oxygens (including phenoxy) is 1. The SMILES string of the molecule is Fc1ccc(COc2ccccc2Br)cc1Cl. The molecule has 0 heterocycles. The third-order valence-corrected chi connectivity index (χ3v) is 3.16. The number of para-hydroxylation sites is 1. The minimum atomic E-state index is -0.420. The molecule has 0 N–H and O–H groups in total. The van der Waals surface area contributed by atoms with E-state index in [1.807, 2.05) is 24.3 Å². The van der Waals surface area contributed by atoms with Gasteiger partial charge in [0.1, 0.15) is 18.2 Å². The Hall–Kier alpha value is -1.06. The average Bonchev–Trinajstić information content (AvgIpc) is 2.32. The van der Waals surface area contributed by atoms with Gasteiger partial charge in [-0.25, -0.2) is 4.39 Å². The van der Waals surface area contributed by atoms with Gasteiger partial charge in [-0.1, -0.05) is 29.8 Å². The molecule has 0 atom stereocenters. The number of hydrogen-bond acceptors (Lipinski definition) is 1. The van der Waals surface area contributed by atoms with Crippen LogP contribution in [0.4, 0.5) is 4.39 Å². The van der Waals surface area contributed by atoms with Crippen LogP contribution in [-0.4, -0.2) is 0 Å². The van der Waals surface area contributed by atoms with Crippen molar-refractivity contribution in [2.75, 3.05) is 0 Å². The lowest BCUT2D eigenvalue weighted by atomic mass is 10.2. The van der Waals surface area contributed by atoms with Gasteiger partial charge in [-0.3, -0.25) is 0 Å². The van der Waals surface area contributed by atoms with E-state index >= 15 is 0 Å². The van der Waals surface area contributed by atoms with Gasteiger partial charge in [0.05, 0.1) is 9.50 Å². The van der Waals surface area contributed by atoms with Gasteiger partial charge in [-0.05, 0) is 45.8 Å². The van der Waals surface area contributed by atoms with E-state index in [2.05, 4.69) is 15.9 Å². The van der Waals surface area contributed by atoms with Crippen LogP contribution in [0.15, 0.2) is 46.9 Å². The Morgan fingerprint density at radius 2 is 1.94 bits per heavy atom. The Morgan fingerprint density at radius 3 is 2.65 bits per heavy atom. The maximum absolute atomic E-state index is 12.9. The van der Waals surface area contributed by atoms with Gasteiger partial charge in [0.2, 0.25) is 0 Å². The van der Waals surface area contributed by atoms with E-state index < -0.39 is 5.82 Å². The van der Waals surface area contributed by atoms with Crippen LogP contribution >= 0.6 is 27.5 Å². The Morgan fingerprint density at radius 1 is 1.18 bits per heavy atom. The smallest absolute Gasteiger partial charge is 0.141 e. The predicted molar refractivity (Wildman–Crippen MR) is 69.9 cm³/mol. The van der Waals surface area contributed by atoms with Gasteiger partial charge in [0.15, 0.2) is 0 Å². The molecular formula is C13H9BrClFO. The Labute approximate surface area is 112 Å². The topological polar surface area (TPSA) is 9.23 Å². The third kappa shape index (κ3) is 3.20. The van der Waals surface area contributed by atoms with Crippen molar-refractivity contribution in [2.45, 2.75) is 6.61 Å². The van der Waals surface area contributed by atoms with E-state index in [0.29, 0.717) is 6.61 Å². The molecule has 0 fully saturated rings. The minimum absolute atomic E-state index is 0.109. The molecule has 4 heteroatoms. The van der Waals surface area contributed by atoms with Crippen LogP contribution in [-0.2, 0) is 6.61 Å². The van der Waals surface area contributed by atoms with E-state index in [0.717, 1.165) is 15.8 Å². The van der Waals surface area contributed by atoms with Crippen LogP contribution in [0.2, 0.25) is 5.02 Å². The summed E-state index contributed by atoms with van der Waals surface area (Å²) in [5, 5.41) is 0.109. The number of halogens is 3. The molecule has 0 aliphatic rings. The van der Waals surface area contributed by atoms with Crippen LogP contribution < -0.4 is 4.74 Å². The summed E-state index contributed by atoms with van der Waals surface area (Å²) in [4.78, 5) is 0. The summed E-state index contributed by atoms with van der Waals surface area (Å²) in [6, 6.07) is 12.1. The molecule has 2 aromatic rings. The van der Waals surface area contributed by atoms with Crippen molar-refractivity contribution in [3.05, 3.63) is 63.3 Å². The highest BCUT2D eigenvalue weighted by Gasteiger charge is 2.03. The van der Waals surface area contributed by atoms with Gasteiger partial charge in [-0.2, -0.15) is 0 Å². The van der Waals surface area contributed by atoms with Crippen LogP contribution in [0, 0.1) is 5.82 Å². The molecule has 0 spiro atoms. The van der Waals surface area contributed by atoms with Gasteiger partial charge in [0, 0.05) is 0 Å². The Balaban J connectivity index is 2.08. The zero-order chi connectivity index (χ0) is 12.3. The van der Waals surface area contributed by atoms with Gasteiger partial charge in [0.25, 0.3) is 0 Å². The maximum atomic E-state index is 12.9. The Bertz CT molecular complexity index is 531. The van der Waals surface area contributed by atoms with E-state index in [1.54, 1.807) is 12.1 Å². The summed E-state index contributed by atoms with van der Waals surface area (Å²) in [5.41, 5.74) is 0.826. The normalized spacial score (nSPS) is 10.3. The molecule has 0 saturated carbocycles. The first-order valence-electron chi connectivity index (χ1n) is 4.98. The molecule has 2 aromatic carbocycles. The average molecular weight is 316 g/mol. The molecule has 0 aliphatic heterocycles. The highest BCUT2D eigenvalue weighted by Crippen LogP contribution is 2.25. The molecule has 0 bridgehead atoms. The fourth-order valence-corrected chi connectivity index (χ4v) is 1.95. The number of benzene rings is 2. The second-order valence-corrected chi connectivity index (χ2v) is 4.73. The lowest BCUT2D eigenvalue weighted by molar-refractivity contribution is 0.304. The van der Waals surface area contributed by atoms with Gasteiger partial charge in [-0.15, -0.1) is 0 Å². The number of hydrogen-bond donors (Lipinski definition) is 0. The predicted octanol–water partition coefficient (Wildman–Crippen LogP) is 4.82.